The van der Waals surface area contributed by atoms with Crippen molar-refractivity contribution in [1.29, 1.82) is 0 Å². The minimum atomic E-state index is -0.229. The van der Waals surface area contributed by atoms with Crippen LogP contribution in [0.4, 0.5) is 14.9 Å². The summed E-state index contributed by atoms with van der Waals surface area (Å²) in [6.07, 6.45) is 1.47. The molecule has 0 bridgehead atoms. The van der Waals surface area contributed by atoms with Crippen LogP contribution >= 0.6 is 0 Å². The van der Waals surface area contributed by atoms with Gasteiger partial charge in [0.1, 0.15) is 5.82 Å². The zero-order chi connectivity index (χ0) is 14.7. The van der Waals surface area contributed by atoms with Gasteiger partial charge in [0, 0.05) is 18.7 Å². The molecule has 1 N–H and O–H groups in total. The van der Waals surface area contributed by atoms with E-state index in [1.54, 1.807) is 17.0 Å². The Hall–Kier alpha value is -2.36. The molecule has 0 unspecified atom stereocenters. The fraction of sp³-hybridized carbons (Fsp3) is 0.235. The van der Waals surface area contributed by atoms with E-state index >= 15 is 0 Å². The van der Waals surface area contributed by atoms with Crippen molar-refractivity contribution >= 4 is 11.7 Å². The topological polar surface area (TPSA) is 32.3 Å². The number of hydrogen-bond acceptors (Lipinski definition) is 1. The number of hydrogen-bond donors (Lipinski definition) is 1. The Morgan fingerprint density at radius 3 is 2.76 bits per heavy atom. The summed E-state index contributed by atoms with van der Waals surface area (Å²) in [7, 11) is 0. The van der Waals surface area contributed by atoms with Crippen molar-refractivity contribution < 1.29 is 9.18 Å². The van der Waals surface area contributed by atoms with Crippen molar-refractivity contribution in [3.05, 3.63) is 65.5 Å². The van der Waals surface area contributed by atoms with Crippen LogP contribution in [0.5, 0.6) is 0 Å². The highest BCUT2D eigenvalue weighted by Gasteiger charge is 2.24. The molecule has 4 heteroatoms. The van der Waals surface area contributed by atoms with Crippen molar-refractivity contribution in [2.45, 2.75) is 19.4 Å². The molecular formula is C17H17FN2O. The zero-order valence-corrected chi connectivity index (χ0v) is 11.7. The highest BCUT2D eigenvalue weighted by atomic mass is 19.1. The SMILES string of the molecule is O=C(NCc1ccccc1)N1CCCc2c(F)cccc21. The van der Waals surface area contributed by atoms with Gasteiger partial charge in [0.2, 0.25) is 0 Å². The monoisotopic (exact) mass is 284 g/mol. The standard InChI is InChI=1S/C17H17FN2O/c18-15-9-4-10-16-14(15)8-5-11-20(16)17(21)19-12-13-6-2-1-3-7-13/h1-4,6-7,9-10H,5,8,11-12H2,(H,19,21). The molecule has 1 aliphatic rings. The van der Waals surface area contributed by atoms with Crippen molar-refractivity contribution in [3.63, 3.8) is 0 Å². The van der Waals surface area contributed by atoms with Crippen molar-refractivity contribution in [1.82, 2.24) is 5.32 Å². The fourth-order valence-corrected chi connectivity index (χ4v) is 2.66. The van der Waals surface area contributed by atoms with Crippen LogP contribution in [0.2, 0.25) is 0 Å². The first kappa shape index (κ1) is 13.6. The Balaban J connectivity index is 1.73. The Kier molecular flexibility index (Phi) is 3.86. The van der Waals surface area contributed by atoms with Crippen molar-refractivity contribution in [3.8, 4) is 0 Å². The van der Waals surface area contributed by atoms with Crippen LogP contribution in [0.15, 0.2) is 48.5 Å². The van der Waals surface area contributed by atoms with Gasteiger partial charge >= 0.3 is 6.03 Å². The van der Waals surface area contributed by atoms with E-state index in [2.05, 4.69) is 5.32 Å². The van der Waals surface area contributed by atoms with Gasteiger partial charge in [0.05, 0.1) is 5.69 Å². The van der Waals surface area contributed by atoms with E-state index in [1.165, 1.54) is 6.07 Å². The highest BCUT2D eigenvalue weighted by Crippen LogP contribution is 2.29. The van der Waals surface area contributed by atoms with E-state index in [-0.39, 0.29) is 11.8 Å². The largest absolute Gasteiger partial charge is 0.334 e. The second kappa shape index (κ2) is 5.95. The van der Waals surface area contributed by atoms with Crippen LogP contribution in [-0.4, -0.2) is 12.6 Å². The average molecular weight is 284 g/mol. The zero-order valence-electron chi connectivity index (χ0n) is 11.7. The molecule has 21 heavy (non-hydrogen) atoms. The number of urea groups is 1. The Morgan fingerprint density at radius 2 is 1.95 bits per heavy atom. The maximum absolute atomic E-state index is 13.8. The molecule has 2 aromatic carbocycles. The maximum atomic E-state index is 13.8. The lowest BCUT2D eigenvalue weighted by Gasteiger charge is -2.29. The number of amides is 2. The average Bonchev–Trinajstić information content (AvgIpc) is 2.53. The highest BCUT2D eigenvalue weighted by molar-refractivity contribution is 5.93. The van der Waals surface area contributed by atoms with Gasteiger partial charge in [-0.05, 0) is 30.5 Å². The van der Waals surface area contributed by atoms with E-state index in [1.807, 2.05) is 30.3 Å². The summed E-state index contributed by atoms with van der Waals surface area (Å²) in [5, 5.41) is 2.89. The molecule has 0 atom stereocenters. The normalized spacial score (nSPS) is 13.7. The summed E-state index contributed by atoms with van der Waals surface area (Å²) < 4.78 is 13.8. The molecule has 2 amide bonds. The van der Waals surface area contributed by atoms with Crippen LogP contribution in [0, 0.1) is 5.82 Å². The molecule has 0 aromatic heterocycles. The second-order valence-electron chi connectivity index (χ2n) is 5.14. The van der Waals surface area contributed by atoms with Crippen LogP contribution in [0.1, 0.15) is 17.5 Å². The van der Waals surface area contributed by atoms with E-state index in [0.717, 1.165) is 12.0 Å². The summed E-state index contributed by atoms with van der Waals surface area (Å²) in [5.41, 5.74) is 2.37. The summed E-state index contributed by atoms with van der Waals surface area (Å²) in [5.74, 6) is -0.229. The Bertz CT molecular complexity index is 642. The van der Waals surface area contributed by atoms with Crippen LogP contribution in [-0.2, 0) is 13.0 Å². The molecular weight excluding hydrogens is 267 g/mol. The molecule has 0 saturated heterocycles. The molecule has 108 valence electrons. The predicted octanol–water partition coefficient (Wildman–Crippen LogP) is 3.49. The maximum Gasteiger partial charge on any atom is 0.322 e. The number of fused-ring (bicyclic) bond motifs is 1. The third-order valence-electron chi connectivity index (χ3n) is 3.73. The third kappa shape index (κ3) is 2.89. The van der Waals surface area contributed by atoms with Crippen molar-refractivity contribution in [2.75, 3.05) is 11.4 Å². The second-order valence-corrected chi connectivity index (χ2v) is 5.14. The number of rotatable bonds is 2. The number of benzene rings is 2. The molecule has 2 aromatic rings. The smallest absolute Gasteiger partial charge is 0.322 e. The van der Waals surface area contributed by atoms with Crippen LogP contribution < -0.4 is 10.2 Å². The van der Waals surface area contributed by atoms with Crippen LogP contribution in [0.3, 0.4) is 0 Å². The molecule has 0 aliphatic carbocycles. The van der Waals surface area contributed by atoms with E-state index < -0.39 is 0 Å². The van der Waals surface area contributed by atoms with Crippen molar-refractivity contribution in [2.24, 2.45) is 0 Å². The lowest BCUT2D eigenvalue weighted by molar-refractivity contribution is 0.245. The number of nitrogens with zero attached hydrogens (tertiary/aromatic N) is 1. The van der Waals surface area contributed by atoms with Gasteiger partial charge in [-0.1, -0.05) is 36.4 Å². The van der Waals surface area contributed by atoms with E-state index in [4.69, 9.17) is 0 Å². The lowest BCUT2D eigenvalue weighted by atomic mass is 10.0. The molecule has 0 spiro atoms. The minimum absolute atomic E-state index is 0.176. The summed E-state index contributed by atoms with van der Waals surface area (Å²) in [6, 6.07) is 14.5. The lowest BCUT2D eigenvalue weighted by Crippen LogP contribution is -2.42. The van der Waals surface area contributed by atoms with Gasteiger partial charge in [0.25, 0.3) is 0 Å². The quantitative estimate of drug-likeness (QED) is 0.899. The summed E-state index contributed by atoms with van der Waals surface area (Å²) >= 11 is 0. The number of anilines is 1. The minimum Gasteiger partial charge on any atom is -0.334 e. The van der Waals surface area contributed by atoms with Crippen LogP contribution in [0.25, 0.3) is 0 Å². The molecule has 3 nitrogen and oxygen atoms in total. The third-order valence-corrected chi connectivity index (χ3v) is 3.73. The number of halogens is 1. The van der Waals surface area contributed by atoms with Gasteiger partial charge in [-0.25, -0.2) is 9.18 Å². The van der Waals surface area contributed by atoms with Gasteiger partial charge in [-0.15, -0.1) is 0 Å². The summed E-state index contributed by atoms with van der Waals surface area (Å²) in [4.78, 5) is 14.0. The first-order valence-electron chi connectivity index (χ1n) is 7.12. The van der Waals surface area contributed by atoms with E-state index in [0.29, 0.717) is 30.8 Å². The Labute approximate surface area is 123 Å². The Morgan fingerprint density at radius 1 is 1.14 bits per heavy atom. The van der Waals surface area contributed by atoms with Gasteiger partial charge in [0.15, 0.2) is 0 Å². The number of carbonyl (C=O) groups is 1. The molecule has 0 radical (unpaired) electrons. The first-order valence-corrected chi connectivity index (χ1v) is 7.12. The van der Waals surface area contributed by atoms with Gasteiger partial charge < -0.3 is 5.32 Å². The fourth-order valence-electron chi connectivity index (χ4n) is 2.66. The molecule has 1 heterocycles. The molecule has 0 fully saturated rings. The summed E-state index contributed by atoms with van der Waals surface area (Å²) in [6.45, 7) is 1.10. The van der Waals surface area contributed by atoms with Gasteiger partial charge in [-0.2, -0.15) is 0 Å². The number of carbonyl (C=O) groups excluding carboxylic acids is 1. The molecule has 1 aliphatic heterocycles. The molecule has 0 saturated carbocycles. The predicted molar refractivity (Wildman–Crippen MR) is 80.7 cm³/mol. The molecule has 3 rings (SSSR count). The first-order chi connectivity index (χ1) is 10.3. The van der Waals surface area contributed by atoms with Gasteiger partial charge in [-0.3, -0.25) is 4.90 Å². The number of nitrogens with one attached hydrogen (secondary N) is 1. The van der Waals surface area contributed by atoms with E-state index in [9.17, 15) is 9.18 Å².